The first kappa shape index (κ1) is 32.0. The molecule has 6 aromatic rings. The van der Waals surface area contributed by atoms with Gasteiger partial charge in [0.1, 0.15) is 5.82 Å². The van der Waals surface area contributed by atoms with Gasteiger partial charge in [-0.15, -0.1) is 0 Å². The number of aryl methyl sites for hydroxylation is 2. The maximum Gasteiger partial charge on any atom is 0.144 e. The number of allylic oxidation sites excluding steroid dienone is 1. The zero-order valence-electron chi connectivity index (χ0n) is 27.2. The van der Waals surface area contributed by atoms with Crippen LogP contribution in [0.1, 0.15) is 63.4 Å². The molecule has 0 fully saturated rings. The largest absolute Gasteiger partial charge is 0.309 e. The van der Waals surface area contributed by atoms with Gasteiger partial charge in [0.15, 0.2) is 0 Å². The Kier molecular flexibility index (Phi) is 10.9. The van der Waals surface area contributed by atoms with E-state index in [1.165, 1.54) is 34.4 Å². The summed E-state index contributed by atoms with van der Waals surface area (Å²) in [5.74, 6) is 0.944. The van der Waals surface area contributed by atoms with Crippen LogP contribution in [0.15, 0.2) is 110 Å². The molecule has 0 spiro atoms. The van der Waals surface area contributed by atoms with E-state index in [-0.39, 0.29) is 0 Å². The standard InChI is InChI=1S/C35H30N4.C3H8.C2H6/c1-5-11-32-30(6-2)31-23-36-17-16-33(31)39(32)29-15-10-14-27(22-29)28-20-24(3)34(25(4)21-28)38-19-18-37-35(38)26-12-8-7-9-13-26;1-3-2;1-2/h5-23H,2H2,1,3-4H3;3H2,1-2H3;1-2H3/b11-5-;;. The Bertz CT molecular complexity index is 1850. The van der Waals surface area contributed by atoms with Crippen molar-refractivity contribution >= 4 is 23.1 Å². The Hall–Kier alpha value is -4.96. The molecule has 0 aliphatic heterocycles. The summed E-state index contributed by atoms with van der Waals surface area (Å²) in [4.78, 5) is 9.05. The summed E-state index contributed by atoms with van der Waals surface area (Å²) in [5.41, 5.74) is 11.4. The second kappa shape index (κ2) is 15.0. The van der Waals surface area contributed by atoms with Gasteiger partial charge in [-0.3, -0.25) is 9.55 Å². The van der Waals surface area contributed by atoms with Crippen LogP contribution in [-0.4, -0.2) is 19.1 Å². The van der Waals surface area contributed by atoms with E-state index in [1.54, 1.807) is 0 Å². The van der Waals surface area contributed by atoms with Gasteiger partial charge >= 0.3 is 0 Å². The van der Waals surface area contributed by atoms with Crippen LogP contribution >= 0.6 is 0 Å². The molecule has 0 bridgehead atoms. The number of fused-ring (bicyclic) bond motifs is 1. The summed E-state index contributed by atoms with van der Waals surface area (Å²) in [6, 6.07) is 25.7. The third kappa shape index (κ3) is 6.35. The van der Waals surface area contributed by atoms with E-state index >= 15 is 0 Å². The topological polar surface area (TPSA) is 35.6 Å². The minimum atomic E-state index is 0.944. The number of nitrogens with zero attached hydrogens (tertiary/aromatic N) is 4. The molecule has 4 heteroatoms. The van der Waals surface area contributed by atoms with Crippen LogP contribution in [0.5, 0.6) is 0 Å². The lowest BCUT2D eigenvalue weighted by molar-refractivity contribution is 1.03. The number of hydrogen-bond donors (Lipinski definition) is 0. The minimum absolute atomic E-state index is 0.944. The van der Waals surface area contributed by atoms with Crippen molar-refractivity contribution < 1.29 is 0 Å². The van der Waals surface area contributed by atoms with Gasteiger partial charge in [0.2, 0.25) is 0 Å². The van der Waals surface area contributed by atoms with E-state index in [0.29, 0.717) is 0 Å². The molecule has 0 amide bonds. The fourth-order valence-electron chi connectivity index (χ4n) is 5.60. The number of pyridine rings is 1. The van der Waals surface area contributed by atoms with Gasteiger partial charge in [-0.05, 0) is 79.4 Å². The van der Waals surface area contributed by atoms with E-state index < -0.39 is 0 Å². The van der Waals surface area contributed by atoms with Crippen LogP contribution in [0.25, 0.3) is 56.9 Å². The fraction of sp³-hybridized carbons (Fsp3) is 0.200. The second-order valence-corrected chi connectivity index (χ2v) is 10.4. The monoisotopic (exact) mass is 580 g/mol. The minimum Gasteiger partial charge on any atom is -0.309 e. The van der Waals surface area contributed by atoms with Crippen molar-refractivity contribution in [1.82, 2.24) is 19.1 Å². The molecule has 6 rings (SSSR count). The Labute approximate surface area is 263 Å². The summed E-state index contributed by atoms with van der Waals surface area (Å²) >= 11 is 0. The average Bonchev–Trinajstić information content (AvgIpc) is 3.65. The Morgan fingerprint density at radius 1 is 0.818 bits per heavy atom. The first-order chi connectivity index (χ1) is 21.5. The summed E-state index contributed by atoms with van der Waals surface area (Å²) in [5, 5.41) is 1.09. The molecule has 0 unspecified atom stereocenters. The summed E-state index contributed by atoms with van der Waals surface area (Å²) in [6.45, 7) is 18.7. The van der Waals surface area contributed by atoms with E-state index in [1.807, 2.05) is 69.8 Å². The van der Waals surface area contributed by atoms with Gasteiger partial charge in [0, 0.05) is 47.0 Å². The molecule has 3 heterocycles. The van der Waals surface area contributed by atoms with Crippen LogP contribution < -0.4 is 0 Å². The van der Waals surface area contributed by atoms with Gasteiger partial charge in [-0.2, -0.15) is 0 Å². The van der Waals surface area contributed by atoms with Crippen LogP contribution in [0.3, 0.4) is 0 Å². The molecule has 0 aliphatic carbocycles. The lowest BCUT2D eigenvalue weighted by Gasteiger charge is -2.17. The highest BCUT2D eigenvalue weighted by Crippen LogP contribution is 2.34. The average molecular weight is 581 g/mol. The summed E-state index contributed by atoms with van der Waals surface area (Å²) < 4.78 is 4.49. The van der Waals surface area contributed by atoms with Crippen molar-refractivity contribution in [3.8, 4) is 33.9 Å². The molecule has 0 saturated heterocycles. The van der Waals surface area contributed by atoms with E-state index in [2.05, 4.69) is 120 Å². The van der Waals surface area contributed by atoms with Gasteiger partial charge in [0.05, 0.1) is 16.9 Å². The lowest BCUT2D eigenvalue weighted by atomic mass is 9.98. The van der Waals surface area contributed by atoms with Crippen molar-refractivity contribution in [2.45, 2.75) is 54.9 Å². The SMILES string of the molecule is C=Cc1c(/C=C\C)n(-c2cccc(-c3cc(C)c(-n4ccnc4-c4ccccc4)c(C)c3)c2)c2ccncc12.CC.CCC. The first-order valence-electron chi connectivity index (χ1n) is 15.6. The molecule has 0 saturated carbocycles. The smallest absolute Gasteiger partial charge is 0.144 e. The van der Waals surface area contributed by atoms with Crippen molar-refractivity contribution in [3.63, 3.8) is 0 Å². The zero-order valence-corrected chi connectivity index (χ0v) is 27.2. The van der Waals surface area contributed by atoms with Crippen LogP contribution in [0, 0.1) is 13.8 Å². The van der Waals surface area contributed by atoms with Crippen LogP contribution in [-0.2, 0) is 0 Å². The molecule has 0 radical (unpaired) electrons. The van der Waals surface area contributed by atoms with Crippen molar-refractivity contribution in [2.24, 2.45) is 0 Å². The third-order valence-corrected chi connectivity index (χ3v) is 7.22. The number of imidazole rings is 1. The zero-order chi connectivity index (χ0) is 31.6. The van der Waals surface area contributed by atoms with E-state index in [4.69, 9.17) is 0 Å². The van der Waals surface area contributed by atoms with Crippen LogP contribution in [0.4, 0.5) is 0 Å². The van der Waals surface area contributed by atoms with Gasteiger partial charge in [-0.25, -0.2) is 4.98 Å². The summed E-state index contributed by atoms with van der Waals surface area (Å²) in [6.07, 6.45) is 15.1. The Balaban J connectivity index is 0.000000834. The molecule has 3 aromatic carbocycles. The normalized spacial score (nSPS) is 10.7. The summed E-state index contributed by atoms with van der Waals surface area (Å²) in [7, 11) is 0. The molecule has 3 aromatic heterocycles. The molecule has 0 aliphatic rings. The number of aromatic nitrogens is 4. The van der Waals surface area contributed by atoms with E-state index in [0.717, 1.165) is 39.2 Å². The molecule has 0 atom stereocenters. The highest BCUT2D eigenvalue weighted by atomic mass is 15.1. The van der Waals surface area contributed by atoms with Gasteiger partial charge in [-0.1, -0.05) is 95.3 Å². The molecular weight excluding hydrogens is 536 g/mol. The molecule has 224 valence electrons. The van der Waals surface area contributed by atoms with Crippen molar-refractivity contribution in [1.29, 1.82) is 0 Å². The predicted octanol–water partition coefficient (Wildman–Crippen LogP) is 11.3. The highest BCUT2D eigenvalue weighted by Gasteiger charge is 2.17. The Morgan fingerprint density at radius 2 is 1.50 bits per heavy atom. The van der Waals surface area contributed by atoms with E-state index in [9.17, 15) is 0 Å². The molecular formula is C40H44N4. The number of hydrogen-bond acceptors (Lipinski definition) is 2. The quantitative estimate of drug-likeness (QED) is 0.196. The van der Waals surface area contributed by atoms with Crippen molar-refractivity contribution in [2.75, 3.05) is 0 Å². The third-order valence-electron chi connectivity index (χ3n) is 7.22. The maximum absolute atomic E-state index is 4.67. The van der Waals surface area contributed by atoms with Crippen LogP contribution in [0.2, 0.25) is 0 Å². The number of benzene rings is 3. The highest BCUT2D eigenvalue weighted by molar-refractivity contribution is 5.94. The first-order valence-corrected chi connectivity index (χ1v) is 15.6. The van der Waals surface area contributed by atoms with Gasteiger partial charge < -0.3 is 4.57 Å². The van der Waals surface area contributed by atoms with Gasteiger partial charge in [0.25, 0.3) is 0 Å². The predicted molar refractivity (Wildman–Crippen MR) is 191 cm³/mol. The Morgan fingerprint density at radius 3 is 2.16 bits per heavy atom. The fourth-order valence-corrected chi connectivity index (χ4v) is 5.60. The lowest BCUT2D eigenvalue weighted by Crippen LogP contribution is -2.02. The molecule has 0 N–H and O–H groups in total. The molecule has 44 heavy (non-hydrogen) atoms. The number of rotatable bonds is 6. The second-order valence-electron chi connectivity index (χ2n) is 10.4. The maximum atomic E-state index is 4.67. The van der Waals surface area contributed by atoms with Crippen molar-refractivity contribution in [3.05, 3.63) is 133 Å². The molecule has 4 nitrogen and oxygen atoms in total.